The molecule has 0 atom stereocenters. The fourth-order valence-electron chi connectivity index (χ4n) is 5.90. The Hall–Kier alpha value is -4.73. The minimum atomic E-state index is -4.52. The van der Waals surface area contributed by atoms with Crippen molar-refractivity contribution in [3.63, 3.8) is 0 Å². The number of hydrogen-bond donors (Lipinski definition) is 0. The Kier molecular flexibility index (Phi) is 8.55. The first-order valence-electron chi connectivity index (χ1n) is 15.6. The number of anilines is 1. The first-order valence-corrected chi connectivity index (χ1v) is 15.6. The maximum absolute atomic E-state index is 13.5. The molecule has 1 saturated carbocycles. The third kappa shape index (κ3) is 6.21. The smallest absolute Gasteiger partial charge is 0.434 e. The van der Waals surface area contributed by atoms with E-state index in [-0.39, 0.29) is 17.9 Å². The van der Waals surface area contributed by atoms with Crippen molar-refractivity contribution < 1.29 is 17.9 Å². The van der Waals surface area contributed by atoms with Gasteiger partial charge in [-0.2, -0.15) is 18.4 Å². The quantitative estimate of drug-likeness (QED) is 0.185. The lowest BCUT2D eigenvalue weighted by Gasteiger charge is -2.31. The van der Waals surface area contributed by atoms with Gasteiger partial charge >= 0.3 is 6.18 Å². The van der Waals surface area contributed by atoms with Gasteiger partial charge in [-0.15, -0.1) is 0 Å². The van der Waals surface area contributed by atoms with Gasteiger partial charge in [-0.1, -0.05) is 37.6 Å². The minimum absolute atomic E-state index is 0.193. The summed E-state index contributed by atoms with van der Waals surface area (Å²) in [5.41, 5.74) is 3.99. The average molecular weight is 632 g/mol. The molecular formula is C33H36F3N9O. The summed E-state index contributed by atoms with van der Waals surface area (Å²) in [5.74, 6) is 1.97. The van der Waals surface area contributed by atoms with Gasteiger partial charge in [-0.25, -0.2) is 24.9 Å². The Labute approximate surface area is 265 Å². The van der Waals surface area contributed by atoms with E-state index in [4.69, 9.17) is 14.7 Å². The standard InChI is InChI=1S/C33H36F3N9O/c1-5-6-26-28(32(46-4)39-19-38-26)29-40-25-13-14-43(18-37)16-24(25)31(42-29)45(23-11-12-23)15-21-7-9-22(10-8-21)30-41-27(33(34,35)36)17-44(30)20(2)3/h7-10,17,19-20,23H,5-6,11-16H2,1-4H3. The molecule has 3 aromatic heterocycles. The van der Waals surface area contributed by atoms with Gasteiger partial charge < -0.3 is 19.1 Å². The molecule has 1 fully saturated rings. The summed E-state index contributed by atoms with van der Waals surface area (Å²) in [6.45, 7) is 7.25. The molecule has 2 aliphatic rings. The minimum Gasteiger partial charge on any atom is -0.480 e. The fraction of sp³-hybridized carbons (Fsp3) is 0.455. The molecule has 0 spiro atoms. The molecule has 0 amide bonds. The van der Waals surface area contributed by atoms with E-state index < -0.39 is 11.9 Å². The van der Waals surface area contributed by atoms with Crippen LogP contribution >= 0.6 is 0 Å². The van der Waals surface area contributed by atoms with Crippen molar-refractivity contribution in [3.8, 4) is 34.8 Å². The van der Waals surface area contributed by atoms with E-state index in [2.05, 4.69) is 33.0 Å². The Balaban J connectivity index is 1.40. The normalized spacial score (nSPS) is 14.7. The third-order valence-electron chi connectivity index (χ3n) is 8.38. The Morgan fingerprint density at radius 1 is 1.11 bits per heavy atom. The molecule has 4 aromatic rings. The molecule has 1 aliphatic heterocycles. The van der Waals surface area contributed by atoms with Crippen LogP contribution in [0, 0.1) is 11.5 Å². The number of fused-ring (bicyclic) bond motifs is 1. The van der Waals surface area contributed by atoms with Crippen molar-refractivity contribution >= 4 is 5.82 Å². The second-order valence-electron chi connectivity index (χ2n) is 12.0. The topological polar surface area (TPSA) is 109 Å². The monoisotopic (exact) mass is 631 g/mol. The number of nitrogens with zero attached hydrogens (tertiary/aromatic N) is 9. The number of aromatic nitrogens is 6. The van der Waals surface area contributed by atoms with E-state index in [9.17, 15) is 18.4 Å². The molecule has 13 heteroatoms. The van der Waals surface area contributed by atoms with Crippen LogP contribution in [-0.2, 0) is 32.1 Å². The van der Waals surface area contributed by atoms with E-state index in [0.717, 1.165) is 53.8 Å². The molecule has 0 radical (unpaired) electrons. The van der Waals surface area contributed by atoms with Gasteiger partial charge in [0.1, 0.15) is 23.5 Å². The molecule has 10 nitrogen and oxygen atoms in total. The molecule has 0 unspecified atom stereocenters. The van der Waals surface area contributed by atoms with Crippen LogP contribution in [0.4, 0.5) is 19.0 Å². The number of benzene rings is 1. The second-order valence-corrected chi connectivity index (χ2v) is 12.0. The summed E-state index contributed by atoms with van der Waals surface area (Å²) in [7, 11) is 1.57. The zero-order chi connectivity index (χ0) is 32.6. The summed E-state index contributed by atoms with van der Waals surface area (Å²) in [6, 6.07) is 7.57. The van der Waals surface area contributed by atoms with E-state index in [0.29, 0.717) is 55.3 Å². The maximum Gasteiger partial charge on any atom is 0.434 e. The van der Waals surface area contributed by atoms with Crippen LogP contribution < -0.4 is 9.64 Å². The number of alkyl halides is 3. The SMILES string of the molecule is CCCc1ncnc(OC)c1-c1nc2c(c(N(Cc3ccc(-c4nc(C(F)(F)F)cn4C(C)C)cc3)C3CC3)n1)CN(C#N)CC2. The number of ether oxygens (including phenoxy) is 1. The number of nitriles is 1. The van der Waals surface area contributed by atoms with Crippen LogP contribution in [0.2, 0.25) is 0 Å². The van der Waals surface area contributed by atoms with Crippen LogP contribution in [0.3, 0.4) is 0 Å². The fourth-order valence-corrected chi connectivity index (χ4v) is 5.90. The highest BCUT2D eigenvalue weighted by molar-refractivity contribution is 5.68. The van der Waals surface area contributed by atoms with E-state index in [1.807, 2.05) is 38.1 Å². The Bertz CT molecular complexity index is 1760. The predicted octanol–water partition coefficient (Wildman–Crippen LogP) is 6.37. The van der Waals surface area contributed by atoms with Gasteiger partial charge in [0.05, 0.1) is 25.0 Å². The van der Waals surface area contributed by atoms with Gasteiger partial charge in [0.25, 0.3) is 0 Å². The molecule has 4 heterocycles. The molecule has 1 aromatic carbocycles. The van der Waals surface area contributed by atoms with E-state index >= 15 is 0 Å². The molecule has 0 bridgehead atoms. The van der Waals surface area contributed by atoms with Crippen LogP contribution in [0.5, 0.6) is 5.88 Å². The second kappa shape index (κ2) is 12.6. The summed E-state index contributed by atoms with van der Waals surface area (Å²) < 4.78 is 47.7. The van der Waals surface area contributed by atoms with Crippen molar-refractivity contribution in [2.75, 3.05) is 18.6 Å². The number of imidazole rings is 1. The van der Waals surface area contributed by atoms with Crippen molar-refractivity contribution in [1.82, 2.24) is 34.4 Å². The largest absolute Gasteiger partial charge is 0.480 e. The number of halogens is 3. The summed E-state index contributed by atoms with van der Waals surface area (Å²) in [6.07, 6.45) is 4.51. The first kappa shape index (κ1) is 31.3. The first-order chi connectivity index (χ1) is 22.1. The average Bonchev–Trinajstić information content (AvgIpc) is 3.78. The van der Waals surface area contributed by atoms with Gasteiger partial charge in [-0.3, -0.25) is 0 Å². The van der Waals surface area contributed by atoms with Crippen LogP contribution in [0.25, 0.3) is 22.8 Å². The van der Waals surface area contributed by atoms with Gasteiger partial charge in [0.15, 0.2) is 17.7 Å². The van der Waals surface area contributed by atoms with Crippen molar-refractivity contribution in [2.45, 2.75) is 84.2 Å². The Morgan fingerprint density at radius 2 is 1.87 bits per heavy atom. The molecule has 6 rings (SSSR count). The zero-order valence-corrected chi connectivity index (χ0v) is 26.3. The maximum atomic E-state index is 13.5. The molecule has 1 aliphatic carbocycles. The zero-order valence-electron chi connectivity index (χ0n) is 26.3. The van der Waals surface area contributed by atoms with Crippen LogP contribution in [0.15, 0.2) is 36.8 Å². The lowest BCUT2D eigenvalue weighted by Crippen LogP contribution is -2.33. The summed E-state index contributed by atoms with van der Waals surface area (Å²) in [5, 5.41) is 9.74. The van der Waals surface area contributed by atoms with E-state index in [1.54, 1.807) is 16.6 Å². The highest BCUT2D eigenvalue weighted by Gasteiger charge is 2.36. The highest BCUT2D eigenvalue weighted by Crippen LogP contribution is 2.39. The molecular weight excluding hydrogens is 595 g/mol. The number of rotatable bonds is 10. The summed E-state index contributed by atoms with van der Waals surface area (Å²) >= 11 is 0. The summed E-state index contributed by atoms with van der Waals surface area (Å²) in [4.78, 5) is 27.0. The predicted molar refractivity (Wildman–Crippen MR) is 166 cm³/mol. The van der Waals surface area contributed by atoms with Gasteiger partial charge in [-0.05, 0) is 38.7 Å². The lowest BCUT2D eigenvalue weighted by atomic mass is 10.0. The lowest BCUT2D eigenvalue weighted by molar-refractivity contribution is -0.140. The number of methoxy groups -OCH3 is 1. The molecule has 240 valence electrons. The van der Waals surface area contributed by atoms with Crippen molar-refractivity contribution in [2.24, 2.45) is 0 Å². The van der Waals surface area contributed by atoms with Crippen LogP contribution in [0.1, 0.15) is 74.3 Å². The third-order valence-corrected chi connectivity index (χ3v) is 8.38. The molecule has 46 heavy (non-hydrogen) atoms. The van der Waals surface area contributed by atoms with E-state index in [1.165, 1.54) is 6.33 Å². The Morgan fingerprint density at radius 3 is 2.50 bits per heavy atom. The molecule has 0 saturated heterocycles. The van der Waals surface area contributed by atoms with Gasteiger partial charge in [0.2, 0.25) is 5.88 Å². The number of aryl methyl sites for hydroxylation is 1. The highest BCUT2D eigenvalue weighted by atomic mass is 19.4. The van der Waals surface area contributed by atoms with Crippen molar-refractivity contribution in [1.29, 1.82) is 5.26 Å². The molecule has 0 N–H and O–H groups in total. The van der Waals surface area contributed by atoms with Gasteiger partial charge in [0, 0.05) is 48.9 Å². The van der Waals surface area contributed by atoms with Crippen LogP contribution in [-0.4, -0.2) is 54.1 Å². The van der Waals surface area contributed by atoms with Crippen molar-refractivity contribution in [3.05, 3.63) is 65.0 Å². The number of hydrogen-bond acceptors (Lipinski definition) is 9.